The molecule has 0 saturated heterocycles. The highest BCUT2D eigenvalue weighted by Crippen LogP contribution is 2.27. The van der Waals surface area contributed by atoms with Gasteiger partial charge in [0.25, 0.3) is 5.91 Å². The molecule has 1 heterocycles. The van der Waals surface area contributed by atoms with E-state index in [1.54, 1.807) is 18.2 Å². The molecule has 28 heavy (non-hydrogen) atoms. The summed E-state index contributed by atoms with van der Waals surface area (Å²) < 4.78 is 15.9. The smallest absolute Gasteiger partial charge is 0.375 e. The zero-order valence-corrected chi connectivity index (χ0v) is 16.3. The second-order valence-corrected chi connectivity index (χ2v) is 6.69. The van der Waals surface area contributed by atoms with Crippen LogP contribution < -0.4 is 5.32 Å². The van der Waals surface area contributed by atoms with Gasteiger partial charge >= 0.3 is 5.97 Å². The molecule has 0 aliphatic carbocycles. The molecule has 0 aliphatic rings. The summed E-state index contributed by atoms with van der Waals surface area (Å²) in [5.74, 6) is -1.08. The molecule has 2 aromatic carbocycles. The molecule has 7 heteroatoms. The molecule has 146 valence electrons. The van der Waals surface area contributed by atoms with Gasteiger partial charge in [-0.15, -0.1) is 0 Å². The molecular weight excluding hydrogens is 382 g/mol. The van der Waals surface area contributed by atoms with Gasteiger partial charge in [-0.25, -0.2) is 4.79 Å². The number of esters is 1. The van der Waals surface area contributed by atoms with Crippen LogP contribution in [0.5, 0.6) is 0 Å². The van der Waals surface area contributed by atoms with Crippen molar-refractivity contribution in [3.63, 3.8) is 0 Å². The molecule has 1 atom stereocenters. The Balaban J connectivity index is 1.63. The van der Waals surface area contributed by atoms with Crippen molar-refractivity contribution in [2.45, 2.75) is 19.6 Å². The number of hydrogen-bond acceptors (Lipinski definition) is 5. The van der Waals surface area contributed by atoms with E-state index >= 15 is 0 Å². The van der Waals surface area contributed by atoms with Gasteiger partial charge in [-0.3, -0.25) is 4.79 Å². The monoisotopic (exact) mass is 401 g/mol. The van der Waals surface area contributed by atoms with Crippen molar-refractivity contribution >= 4 is 34.4 Å². The van der Waals surface area contributed by atoms with E-state index in [9.17, 15) is 9.59 Å². The molecule has 1 N–H and O–H groups in total. The van der Waals surface area contributed by atoms with Gasteiger partial charge in [0.05, 0.1) is 12.6 Å². The maximum Gasteiger partial charge on any atom is 0.375 e. The Bertz CT molecular complexity index is 980. The minimum atomic E-state index is -0.711. The fourth-order valence-corrected chi connectivity index (χ4v) is 2.99. The number of carbonyl (C=O) groups is 2. The summed E-state index contributed by atoms with van der Waals surface area (Å²) in [6, 6.07) is 14.1. The van der Waals surface area contributed by atoms with E-state index in [1.165, 1.54) is 7.11 Å². The van der Waals surface area contributed by atoms with E-state index < -0.39 is 18.5 Å². The van der Waals surface area contributed by atoms with Gasteiger partial charge in [-0.1, -0.05) is 41.9 Å². The predicted octanol–water partition coefficient (Wildman–Crippen LogP) is 4.27. The lowest BCUT2D eigenvalue weighted by molar-refractivity contribution is -0.124. The second-order valence-electron chi connectivity index (χ2n) is 6.26. The zero-order chi connectivity index (χ0) is 20.1. The standard InChI is InChI=1S/C21H20ClNO5/c1-13(14-7-9-15(22)10-8-14)23-19(24)12-27-21(25)20-17(11-26-2)16-5-3-4-6-18(16)28-20/h3-10,13H,11-12H2,1-2H3,(H,23,24)/t13-/m0/s1. The molecule has 1 aromatic heterocycles. The van der Waals surface area contributed by atoms with Crippen LogP contribution in [0, 0.1) is 0 Å². The van der Waals surface area contributed by atoms with Crippen LogP contribution in [0.2, 0.25) is 5.02 Å². The third kappa shape index (κ3) is 4.52. The van der Waals surface area contributed by atoms with Crippen LogP contribution in [-0.4, -0.2) is 25.6 Å². The summed E-state index contributed by atoms with van der Waals surface area (Å²) in [7, 11) is 1.53. The molecule has 0 saturated carbocycles. The van der Waals surface area contributed by atoms with Crippen molar-refractivity contribution in [1.82, 2.24) is 5.32 Å². The third-order valence-corrected chi connectivity index (χ3v) is 4.51. The maximum absolute atomic E-state index is 12.4. The number of fused-ring (bicyclic) bond motifs is 1. The first-order valence-electron chi connectivity index (χ1n) is 8.71. The predicted molar refractivity (Wildman–Crippen MR) is 105 cm³/mol. The Morgan fingerprint density at radius 2 is 1.86 bits per heavy atom. The minimum absolute atomic E-state index is 0.0431. The molecule has 3 aromatic rings. The normalized spacial score (nSPS) is 12.0. The number of para-hydroxylation sites is 1. The number of halogens is 1. The summed E-state index contributed by atoms with van der Waals surface area (Å²) in [5.41, 5.74) is 2.05. The van der Waals surface area contributed by atoms with Gasteiger partial charge in [0, 0.05) is 23.1 Å². The second kappa shape index (κ2) is 8.91. The first-order chi connectivity index (χ1) is 13.5. The Labute approximate surface area is 167 Å². The van der Waals surface area contributed by atoms with Crippen LogP contribution in [0.25, 0.3) is 11.0 Å². The van der Waals surface area contributed by atoms with Crippen molar-refractivity contribution in [3.8, 4) is 0 Å². The van der Waals surface area contributed by atoms with E-state index in [0.29, 0.717) is 16.2 Å². The summed E-state index contributed by atoms with van der Waals surface area (Å²) in [5, 5.41) is 4.17. The van der Waals surface area contributed by atoms with Crippen LogP contribution in [0.15, 0.2) is 52.9 Å². The Kier molecular flexibility index (Phi) is 6.34. The number of rotatable bonds is 7. The van der Waals surface area contributed by atoms with Crippen LogP contribution in [0.3, 0.4) is 0 Å². The number of methoxy groups -OCH3 is 1. The number of benzene rings is 2. The molecule has 0 aliphatic heterocycles. The van der Waals surface area contributed by atoms with Gasteiger partial charge in [0.2, 0.25) is 5.76 Å². The molecule has 0 unspecified atom stereocenters. The third-order valence-electron chi connectivity index (χ3n) is 4.25. The van der Waals surface area contributed by atoms with Gasteiger partial charge < -0.3 is 19.2 Å². The SMILES string of the molecule is COCc1c(C(=O)OCC(=O)N[C@@H](C)c2ccc(Cl)cc2)oc2ccccc12. The fraction of sp³-hybridized carbons (Fsp3) is 0.238. The Morgan fingerprint density at radius 3 is 2.57 bits per heavy atom. The zero-order valence-electron chi connectivity index (χ0n) is 15.5. The summed E-state index contributed by atoms with van der Waals surface area (Å²) in [4.78, 5) is 24.6. The van der Waals surface area contributed by atoms with Crippen LogP contribution in [-0.2, 0) is 20.9 Å². The van der Waals surface area contributed by atoms with E-state index in [-0.39, 0.29) is 18.4 Å². The first-order valence-corrected chi connectivity index (χ1v) is 9.08. The lowest BCUT2D eigenvalue weighted by Crippen LogP contribution is -2.31. The molecule has 0 fully saturated rings. The number of furan rings is 1. The Hall–Kier alpha value is -2.83. The number of carbonyl (C=O) groups excluding carboxylic acids is 2. The quantitative estimate of drug-likeness (QED) is 0.598. The highest BCUT2D eigenvalue weighted by Gasteiger charge is 2.22. The average Bonchev–Trinajstić information content (AvgIpc) is 3.06. The summed E-state index contributed by atoms with van der Waals surface area (Å²) in [6.07, 6.45) is 0. The van der Waals surface area contributed by atoms with Gasteiger partial charge in [-0.2, -0.15) is 0 Å². The number of amides is 1. The van der Waals surface area contributed by atoms with E-state index in [2.05, 4.69) is 5.32 Å². The summed E-state index contributed by atoms with van der Waals surface area (Å²) in [6.45, 7) is 1.61. The van der Waals surface area contributed by atoms with Crippen molar-refractivity contribution in [2.24, 2.45) is 0 Å². The molecular formula is C21H20ClNO5. The van der Waals surface area contributed by atoms with E-state index in [1.807, 2.05) is 37.3 Å². The lowest BCUT2D eigenvalue weighted by Gasteiger charge is -2.14. The maximum atomic E-state index is 12.4. The molecule has 1 amide bonds. The number of hydrogen-bond donors (Lipinski definition) is 1. The van der Waals surface area contributed by atoms with Crippen LogP contribution >= 0.6 is 11.6 Å². The number of nitrogens with one attached hydrogen (secondary N) is 1. The van der Waals surface area contributed by atoms with Crippen LogP contribution in [0.4, 0.5) is 0 Å². The first kappa shape index (κ1) is 19.9. The van der Waals surface area contributed by atoms with Crippen molar-refractivity contribution in [2.75, 3.05) is 13.7 Å². The highest BCUT2D eigenvalue weighted by molar-refractivity contribution is 6.30. The highest BCUT2D eigenvalue weighted by atomic mass is 35.5. The summed E-state index contributed by atoms with van der Waals surface area (Å²) >= 11 is 5.87. The largest absolute Gasteiger partial charge is 0.450 e. The average molecular weight is 402 g/mol. The van der Waals surface area contributed by atoms with Crippen molar-refractivity contribution in [1.29, 1.82) is 0 Å². The van der Waals surface area contributed by atoms with Crippen LogP contribution in [0.1, 0.15) is 34.6 Å². The molecule has 0 spiro atoms. The van der Waals surface area contributed by atoms with Gasteiger partial charge in [0.1, 0.15) is 5.58 Å². The molecule has 3 rings (SSSR count). The molecule has 0 bridgehead atoms. The molecule has 6 nitrogen and oxygen atoms in total. The minimum Gasteiger partial charge on any atom is -0.450 e. The topological polar surface area (TPSA) is 77.8 Å². The van der Waals surface area contributed by atoms with E-state index in [4.69, 9.17) is 25.5 Å². The van der Waals surface area contributed by atoms with Gasteiger partial charge in [-0.05, 0) is 30.7 Å². The lowest BCUT2D eigenvalue weighted by atomic mass is 10.1. The van der Waals surface area contributed by atoms with Crippen molar-refractivity contribution in [3.05, 3.63) is 70.4 Å². The Morgan fingerprint density at radius 1 is 1.14 bits per heavy atom. The van der Waals surface area contributed by atoms with E-state index in [0.717, 1.165) is 10.9 Å². The van der Waals surface area contributed by atoms with Gasteiger partial charge in [0.15, 0.2) is 6.61 Å². The number of ether oxygens (including phenoxy) is 2. The van der Waals surface area contributed by atoms with Crippen molar-refractivity contribution < 1.29 is 23.5 Å². The molecule has 0 radical (unpaired) electrons. The fourth-order valence-electron chi connectivity index (χ4n) is 2.87.